The molecule has 0 saturated heterocycles. The minimum atomic E-state index is -4.65. The maximum Gasteiger partial charge on any atom is 0.402 e. The van der Waals surface area contributed by atoms with E-state index in [1.165, 1.54) is 20.8 Å². The van der Waals surface area contributed by atoms with Gasteiger partial charge in [-0.15, -0.1) is 0 Å². The summed E-state index contributed by atoms with van der Waals surface area (Å²) in [6.07, 6.45) is -4.65. The second-order valence-electron chi connectivity index (χ2n) is 4.19. The molecule has 0 aliphatic heterocycles. The Kier molecular flexibility index (Phi) is 4.47. The number of sulfonamides is 1. The third-order valence-corrected chi connectivity index (χ3v) is 5.84. The van der Waals surface area contributed by atoms with E-state index in [4.69, 9.17) is 0 Å². The number of nitrogens with zero attached hydrogens (tertiary/aromatic N) is 1. The van der Waals surface area contributed by atoms with E-state index >= 15 is 0 Å². The van der Waals surface area contributed by atoms with E-state index in [1.54, 1.807) is 0 Å². The Morgan fingerprint density at radius 2 is 1.89 bits per heavy atom. The average molecular weight is 318 g/mol. The lowest BCUT2D eigenvalue weighted by molar-refractivity contribution is -0.138. The third-order valence-electron chi connectivity index (χ3n) is 2.24. The van der Waals surface area contributed by atoms with E-state index in [9.17, 15) is 26.4 Å². The van der Waals surface area contributed by atoms with Crippen LogP contribution in [0.4, 0.5) is 13.2 Å². The Hall–Kier alpha value is -0.870. The molecule has 1 heterocycles. The van der Waals surface area contributed by atoms with Crippen molar-refractivity contribution in [2.45, 2.75) is 37.2 Å². The van der Waals surface area contributed by atoms with Crippen LogP contribution >= 0.6 is 11.3 Å². The lowest BCUT2D eigenvalue weighted by Crippen LogP contribution is -2.43. The molecule has 0 saturated carbocycles. The Bertz CT molecular complexity index is 601. The smallest absolute Gasteiger partial charge is 0.315 e. The van der Waals surface area contributed by atoms with Gasteiger partial charge in [0.2, 0.25) is 0 Å². The van der Waals surface area contributed by atoms with Gasteiger partial charge in [0, 0.05) is 11.7 Å². The number of halogens is 3. The Labute approximate surface area is 112 Å². The first kappa shape index (κ1) is 16.2. The summed E-state index contributed by atoms with van der Waals surface area (Å²) in [5, 5.41) is 0. The highest BCUT2D eigenvalue weighted by atomic mass is 32.2. The zero-order chi connectivity index (χ0) is 15.0. The Morgan fingerprint density at radius 3 is 2.21 bits per heavy atom. The number of alkyl halides is 3. The van der Waals surface area contributed by atoms with Gasteiger partial charge < -0.3 is 4.98 Å². The van der Waals surface area contributed by atoms with Crippen molar-refractivity contribution in [1.82, 2.24) is 9.29 Å². The summed E-state index contributed by atoms with van der Waals surface area (Å²) in [6.45, 7) is 2.43. The van der Waals surface area contributed by atoms with Crippen LogP contribution in [0.3, 0.4) is 0 Å². The largest absolute Gasteiger partial charge is 0.402 e. The van der Waals surface area contributed by atoms with Crippen molar-refractivity contribution in [2.24, 2.45) is 0 Å². The van der Waals surface area contributed by atoms with Crippen LogP contribution in [-0.2, 0) is 10.0 Å². The van der Waals surface area contributed by atoms with Gasteiger partial charge in [0.15, 0.2) is 4.21 Å². The fraction of sp³-hybridized carbons (Fsp3) is 0.667. The topological polar surface area (TPSA) is 70.2 Å². The summed E-state index contributed by atoms with van der Waals surface area (Å²) < 4.78 is 61.6. The molecule has 0 aromatic carbocycles. The molecule has 0 unspecified atom stereocenters. The van der Waals surface area contributed by atoms with Crippen molar-refractivity contribution in [3.05, 3.63) is 15.4 Å². The number of aromatic nitrogens is 1. The van der Waals surface area contributed by atoms with Crippen LogP contribution in [0.15, 0.2) is 9.00 Å². The number of aromatic amines is 1. The van der Waals surface area contributed by atoms with Crippen LogP contribution in [0.1, 0.15) is 19.5 Å². The molecule has 1 rings (SSSR count). The number of hydrogen-bond donors (Lipinski definition) is 1. The van der Waals surface area contributed by atoms with Crippen molar-refractivity contribution < 1.29 is 21.6 Å². The fourth-order valence-corrected chi connectivity index (χ4v) is 4.50. The van der Waals surface area contributed by atoms with Crippen molar-refractivity contribution in [3.8, 4) is 0 Å². The molecule has 0 bridgehead atoms. The summed E-state index contributed by atoms with van der Waals surface area (Å²) >= 11 is 0.385. The van der Waals surface area contributed by atoms with E-state index in [-0.39, 0.29) is 9.90 Å². The molecule has 0 radical (unpaired) electrons. The number of thiazole rings is 1. The third kappa shape index (κ3) is 3.80. The van der Waals surface area contributed by atoms with E-state index in [1.807, 2.05) is 0 Å². The summed E-state index contributed by atoms with van der Waals surface area (Å²) in [7, 11) is -4.34. The van der Waals surface area contributed by atoms with E-state index in [2.05, 4.69) is 4.98 Å². The molecule has 10 heteroatoms. The first-order chi connectivity index (χ1) is 8.45. The molecular weight excluding hydrogens is 305 g/mol. The van der Waals surface area contributed by atoms with Gasteiger partial charge in [0.25, 0.3) is 10.0 Å². The minimum absolute atomic E-state index is 0.0443. The van der Waals surface area contributed by atoms with Crippen molar-refractivity contribution >= 4 is 21.4 Å². The van der Waals surface area contributed by atoms with Crippen LogP contribution in [0.2, 0.25) is 0 Å². The predicted octanol–water partition coefficient (Wildman–Crippen LogP) is 1.71. The number of aryl methyl sites for hydroxylation is 1. The van der Waals surface area contributed by atoms with E-state index in [0.717, 1.165) is 0 Å². The summed E-state index contributed by atoms with van der Waals surface area (Å²) in [6, 6.07) is -0.872. The molecule has 110 valence electrons. The van der Waals surface area contributed by atoms with Crippen molar-refractivity contribution in [2.75, 3.05) is 6.54 Å². The molecule has 5 nitrogen and oxygen atoms in total. The summed E-state index contributed by atoms with van der Waals surface area (Å²) in [5.41, 5.74) is 0.0443. The highest BCUT2D eigenvalue weighted by Gasteiger charge is 2.39. The van der Waals surface area contributed by atoms with Crippen molar-refractivity contribution in [3.63, 3.8) is 0 Å². The standard InChI is InChI=1S/C9H13F3N2O3S2/c1-5(2)14(4-9(10,11)12)19(16,17)7-6(3)13-8(15)18-7/h5H,4H2,1-3H3,(H,13,15). The van der Waals surface area contributed by atoms with Gasteiger partial charge in [-0.1, -0.05) is 11.3 Å². The van der Waals surface area contributed by atoms with Crippen LogP contribution < -0.4 is 4.87 Å². The number of hydrogen-bond acceptors (Lipinski definition) is 4. The molecule has 0 amide bonds. The summed E-state index contributed by atoms with van der Waals surface area (Å²) in [5.74, 6) is 0. The molecule has 1 aromatic heterocycles. The maximum atomic E-state index is 12.4. The van der Waals surface area contributed by atoms with E-state index < -0.39 is 33.7 Å². The Morgan fingerprint density at radius 1 is 1.37 bits per heavy atom. The second-order valence-corrected chi connectivity index (χ2v) is 7.26. The minimum Gasteiger partial charge on any atom is -0.315 e. The van der Waals surface area contributed by atoms with Gasteiger partial charge in [0.1, 0.15) is 6.54 Å². The van der Waals surface area contributed by atoms with Gasteiger partial charge in [-0.05, 0) is 20.8 Å². The highest BCUT2D eigenvalue weighted by molar-refractivity contribution is 7.91. The lowest BCUT2D eigenvalue weighted by Gasteiger charge is -2.26. The van der Waals surface area contributed by atoms with E-state index in [0.29, 0.717) is 15.6 Å². The van der Waals surface area contributed by atoms with Crippen LogP contribution in [0.5, 0.6) is 0 Å². The zero-order valence-corrected chi connectivity index (χ0v) is 12.0. The monoisotopic (exact) mass is 318 g/mol. The van der Waals surface area contributed by atoms with Crippen LogP contribution in [0.25, 0.3) is 0 Å². The number of rotatable bonds is 4. The molecule has 19 heavy (non-hydrogen) atoms. The van der Waals surface area contributed by atoms with Crippen LogP contribution in [-0.4, -0.2) is 36.5 Å². The van der Waals surface area contributed by atoms with Gasteiger partial charge in [-0.2, -0.15) is 17.5 Å². The zero-order valence-electron chi connectivity index (χ0n) is 10.4. The highest BCUT2D eigenvalue weighted by Crippen LogP contribution is 2.27. The predicted molar refractivity (Wildman–Crippen MR) is 64.8 cm³/mol. The molecule has 1 aromatic rings. The normalized spacial score (nSPS) is 13.5. The average Bonchev–Trinajstić information content (AvgIpc) is 2.53. The number of H-pyrrole nitrogens is 1. The first-order valence-electron chi connectivity index (χ1n) is 5.23. The fourth-order valence-electron chi connectivity index (χ4n) is 1.46. The van der Waals surface area contributed by atoms with Gasteiger partial charge in [-0.25, -0.2) is 8.42 Å². The van der Waals surface area contributed by atoms with Gasteiger partial charge in [0.05, 0.1) is 0 Å². The summed E-state index contributed by atoms with van der Waals surface area (Å²) in [4.78, 5) is 12.7. The second kappa shape index (κ2) is 5.25. The SMILES string of the molecule is Cc1[nH]c(=O)sc1S(=O)(=O)N(CC(F)(F)F)C(C)C. The first-order valence-corrected chi connectivity index (χ1v) is 7.49. The van der Waals surface area contributed by atoms with Gasteiger partial charge >= 0.3 is 11.0 Å². The Balaban J connectivity index is 3.29. The van der Waals surface area contributed by atoms with Crippen LogP contribution in [0, 0.1) is 6.92 Å². The molecule has 0 spiro atoms. The quantitative estimate of drug-likeness (QED) is 0.919. The molecule has 0 fully saturated rings. The maximum absolute atomic E-state index is 12.4. The molecular formula is C9H13F3N2O3S2. The molecule has 0 aliphatic rings. The van der Waals surface area contributed by atoms with Crippen molar-refractivity contribution in [1.29, 1.82) is 0 Å². The lowest BCUT2D eigenvalue weighted by atomic mass is 10.4. The molecule has 1 N–H and O–H groups in total. The molecule has 0 aliphatic carbocycles. The van der Waals surface area contributed by atoms with Gasteiger partial charge in [-0.3, -0.25) is 4.79 Å². The number of nitrogens with one attached hydrogen (secondary N) is 1. The molecule has 0 atom stereocenters.